The van der Waals surface area contributed by atoms with Gasteiger partial charge in [0.25, 0.3) is 0 Å². The average Bonchev–Trinajstić information content (AvgIpc) is 2.94. The third kappa shape index (κ3) is 2.62. The largest absolute Gasteiger partial charge is 0.461 e. The SMILES string of the molecule is CCOC(=O)c1ncn2c1CN(C)C(c1c(F)ccc(N)c1F)C2. The lowest BCUT2D eigenvalue weighted by Gasteiger charge is -2.34. The maximum absolute atomic E-state index is 14.3. The van der Waals surface area contributed by atoms with Crippen LogP contribution in [0.5, 0.6) is 0 Å². The molecule has 1 aromatic carbocycles. The van der Waals surface area contributed by atoms with E-state index in [4.69, 9.17) is 10.5 Å². The van der Waals surface area contributed by atoms with E-state index < -0.39 is 23.6 Å². The molecule has 0 saturated heterocycles. The van der Waals surface area contributed by atoms with Crippen LogP contribution in [0.4, 0.5) is 14.5 Å². The number of nitrogens with zero attached hydrogens (tertiary/aromatic N) is 3. The molecular formula is C16H18F2N4O2. The zero-order valence-electron chi connectivity index (χ0n) is 13.4. The fourth-order valence-electron chi connectivity index (χ4n) is 2.98. The maximum Gasteiger partial charge on any atom is 0.358 e. The van der Waals surface area contributed by atoms with Crippen LogP contribution in [-0.4, -0.2) is 34.1 Å². The van der Waals surface area contributed by atoms with E-state index in [1.54, 1.807) is 23.4 Å². The zero-order chi connectivity index (χ0) is 17.4. The van der Waals surface area contributed by atoms with Crippen molar-refractivity contribution in [2.75, 3.05) is 19.4 Å². The molecule has 8 heteroatoms. The summed E-state index contributed by atoms with van der Waals surface area (Å²) < 4.78 is 35.2. The summed E-state index contributed by atoms with van der Waals surface area (Å²) in [5.74, 6) is -1.90. The van der Waals surface area contributed by atoms with E-state index >= 15 is 0 Å². The smallest absolute Gasteiger partial charge is 0.358 e. The first kappa shape index (κ1) is 16.4. The van der Waals surface area contributed by atoms with Crippen molar-refractivity contribution in [2.45, 2.75) is 26.1 Å². The highest BCUT2D eigenvalue weighted by molar-refractivity contribution is 5.88. The molecule has 1 aliphatic rings. The third-order valence-electron chi connectivity index (χ3n) is 4.21. The van der Waals surface area contributed by atoms with Gasteiger partial charge >= 0.3 is 5.97 Å². The van der Waals surface area contributed by atoms with E-state index in [0.29, 0.717) is 12.2 Å². The van der Waals surface area contributed by atoms with Gasteiger partial charge in [0.1, 0.15) is 5.82 Å². The number of rotatable bonds is 3. The Labute approximate surface area is 137 Å². The molecule has 0 fully saturated rings. The summed E-state index contributed by atoms with van der Waals surface area (Å²) in [5, 5.41) is 0. The van der Waals surface area contributed by atoms with Gasteiger partial charge in [-0.25, -0.2) is 18.6 Å². The Morgan fingerprint density at radius 1 is 1.46 bits per heavy atom. The second-order valence-corrected chi connectivity index (χ2v) is 5.71. The van der Waals surface area contributed by atoms with E-state index in [0.717, 1.165) is 6.07 Å². The molecule has 1 aromatic heterocycles. The number of esters is 1. The van der Waals surface area contributed by atoms with Crippen molar-refractivity contribution in [3.63, 3.8) is 0 Å². The van der Waals surface area contributed by atoms with Crippen molar-refractivity contribution >= 4 is 11.7 Å². The van der Waals surface area contributed by atoms with Gasteiger partial charge in [-0.15, -0.1) is 0 Å². The number of aromatic nitrogens is 2. The standard InChI is InChI=1S/C16H18F2N4O2/c1-3-24-16(23)15-12-6-21(2)11(7-22(12)8-20-15)13-9(17)4-5-10(19)14(13)18/h4-5,8,11H,3,6-7,19H2,1-2H3. The lowest BCUT2D eigenvalue weighted by molar-refractivity contribution is 0.0514. The summed E-state index contributed by atoms with van der Waals surface area (Å²) in [6, 6.07) is 1.82. The van der Waals surface area contributed by atoms with Crippen LogP contribution in [0.3, 0.4) is 0 Å². The van der Waals surface area contributed by atoms with Crippen LogP contribution in [-0.2, 0) is 17.8 Å². The minimum atomic E-state index is -0.749. The molecule has 2 N–H and O–H groups in total. The zero-order valence-corrected chi connectivity index (χ0v) is 13.4. The summed E-state index contributed by atoms with van der Waals surface area (Å²) in [7, 11) is 1.73. The minimum Gasteiger partial charge on any atom is -0.461 e. The van der Waals surface area contributed by atoms with E-state index in [9.17, 15) is 13.6 Å². The van der Waals surface area contributed by atoms with Crippen molar-refractivity contribution in [1.82, 2.24) is 14.5 Å². The number of likely N-dealkylation sites (N-methyl/N-ethyl adjacent to an activating group) is 1. The van der Waals surface area contributed by atoms with Crippen molar-refractivity contribution in [1.29, 1.82) is 0 Å². The Balaban J connectivity index is 1.97. The molecule has 2 heterocycles. The van der Waals surface area contributed by atoms with Gasteiger partial charge in [0.05, 0.1) is 30.4 Å². The van der Waals surface area contributed by atoms with Crippen molar-refractivity contribution in [3.8, 4) is 0 Å². The molecule has 3 rings (SSSR count). The quantitative estimate of drug-likeness (QED) is 0.686. The van der Waals surface area contributed by atoms with Crippen LogP contribution in [0.2, 0.25) is 0 Å². The highest BCUT2D eigenvalue weighted by Crippen LogP contribution is 2.34. The summed E-state index contributed by atoms with van der Waals surface area (Å²) in [4.78, 5) is 17.8. The van der Waals surface area contributed by atoms with Crippen LogP contribution >= 0.6 is 0 Å². The van der Waals surface area contributed by atoms with E-state index in [1.807, 2.05) is 0 Å². The number of hydrogen-bond acceptors (Lipinski definition) is 5. The number of imidazole rings is 1. The molecule has 1 atom stereocenters. The lowest BCUT2D eigenvalue weighted by Crippen LogP contribution is -2.35. The number of anilines is 1. The van der Waals surface area contributed by atoms with E-state index in [-0.39, 0.29) is 30.1 Å². The van der Waals surface area contributed by atoms with Gasteiger partial charge in [-0.1, -0.05) is 0 Å². The van der Waals surface area contributed by atoms with Gasteiger partial charge in [-0.05, 0) is 26.1 Å². The summed E-state index contributed by atoms with van der Waals surface area (Å²) in [6.07, 6.45) is 1.49. The average molecular weight is 336 g/mol. The van der Waals surface area contributed by atoms with Crippen LogP contribution in [0.25, 0.3) is 0 Å². The Hall–Kier alpha value is -2.48. The van der Waals surface area contributed by atoms with Gasteiger partial charge in [0.15, 0.2) is 11.5 Å². The molecule has 0 bridgehead atoms. The van der Waals surface area contributed by atoms with Gasteiger partial charge in [-0.3, -0.25) is 4.90 Å². The molecule has 6 nitrogen and oxygen atoms in total. The Kier molecular flexibility index (Phi) is 4.23. The predicted octanol–water partition coefficient (Wildman–Crippen LogP) is 2.11. The van der Waals surface area contributed by atoms with Crippen LogP contribution in [0.1, 0.15) is 34.7 Å². The van der Waals surface area contributed by atoms with Gasteiger partial charge < -0.3 is 15.0 Å². The Morgan fingerprint density at radius 3 is 2.92 bits per heavy atom. The summed E-state index contributed by atoms with van der Waals surface area (Å²) in [6.45, 7) is 2.54. The van der Waals surface area contributed by atoms with Crippen LogP contribution in [0.15, 0.2) is 18.5 Å². The Morgan fingerprint density at radius 2 is 2.21 bits per heavy atom. The van der Waals surface area contributed by atoms with Crippen molar-refractivity contribution in [3.05, 3.63) is 47.0 Å². The number of fused-ring (bicyclic) bond motifs is 1. The highest BCUT2D eigenvalue weighted by atomic mass is 19.1. The molecule has 1 unspecified atom stereocenters. The van der Waals surface area contributed by atoms with Crippen LogP contribution < -0.4 is 5.73 Å². The number of carbonyl (C=O) groups excluding carboxylic acids is 1. The third-order valence-corrected chi connectivity index (χ3v) is 4.21. The molecule has 0 saturated carbocycles. The second-order valence-electron chi connectivity index (χ2n) is 5.71. The maximum atomic E-state index is 14.3. The predicted molar refractivity (Wildman–Crippen MR) is 83.2 cm³/mol. The van der Waals surface area contributed by atoms with Crippen molar-refractivity contribution in [2.24, 2.45) is 0 Å². The minimum absolute atomic E-state index is 0.0745. The molecule has 0 spiro atoms. The fraction of sp³-hybridized carbons (Fsp3) is 0.375. The summed E-state index contributed by atoms with van der Waals surface area (Å²) in [5.41, 5.74) is 6.30. The molecule has 24 heavy (non-hydrogen) atoms. The topological polar surface area (TPSA) is 73.4 Å². The lowest BCUT2D eigenvalue weighted by atomic mass is 10.0. The monoisotopic (exact) mass is 336 g/mol. The van der Waals surface area contributed by atoms with Gasteiger partial charge in [0, 0.05) is 18.7 Å². The first-order valence-corrected chi connectivity index (χ1v) is 7.58. The normalized spacial score (nSPS) is 17.6. The molecule has 128 valence electrons. The van der Waals surface area contributed by atoms with E-state index in [2.05, 4.69) is 4.98 Å². The number of ether oxygens (including phenoxy) is 1. The van der Waals surface area contributed by atoms with Crippen molar-refractivity contribution < 1.29 is 18.3 Å². The van der Waals surface area contributed by atoms with Gasteiger partial charge in [-0.2, -0.15) is 0 Å². The Bertz CT molecular complexity index is 791. The second kappa shape index (κ2) is 6.20. The number of halogens is 2. The molecule has 2 aromatic rings. The number of nitrogens with two attached hydrogens (primary N) is 1. The summed E-state index contributed by atoms with van der Waals surface area (Å²) >= 11 is 0. The molecule has 0 radical (unpaired) electrons. The molecule has 0 aliphatic carbocycles. The van der Waals surface area contributed by atoms with Gasteiger partial charge in [0.2, 0.25) is 0 Å². The molecular weight excluding hydrogens is 318 g/mol. The highest BCUT2D eigenvalue weighted by Gasteiger charge is 2.33. The fourth-order valence-corrected chi connectivity index (χ4v) is 2.98. The number of carbonyl (C=O) groups is 1. The first-order valence-electron chi connectivity index (χ1n) is 7.58. The number of nitrogen functional groups attached to an aromatic ring is 1. The van der Waals surface area contributed by atoms with Crippen LogP contribution in [0, 0.1) is 11.6 Å². The molecule has 0 amide bonds. The number of benzene rings is 1. The first-order chi connectivity index (χ1) is 11.4. The molecule has 1 aliphatic heterocycles. The number of hydrogen-bond donors (Lipinski definition) is 1. The van der Waals surface area contributed by atoms with E-state index in [1.165, 1.54) is 12.4 Å².